The number of nitrogens with one attached hydrogen (secondary N) is 1. The molecule has 0 bridgehead atoms. The number of ether oxygens (including phenoxy) is 1. The minimum atomic E-state index is -0.516. The molecule has 1 atom stereocenters. The SMILES string of the molecule is CC(C)(C)OC(=O)N1CCNC(c2ccc(-c3ccc(F)cc3)o2)C1. The Hall–Kier alpha value is -2.34. The number of halogens is 1. The lowest BCUT2D eigenvalue weighted by Crippen LogP contribution is -2.49. The molecule has 5 nitrogen and oxygen atoms in total. The number of furan rings is 1. The fraction of sp³-hybridized carbons (Fsp3) is 0.421. The van der Waals surface area contributed by atoms with Crippen LogP contribution in [0.15, 0.2) is 40.8 Å². The van der Waals surface area contributed by atoms with Crippen LogP contribution in [-0.4, -0.2) is 36.2 Å². The summed E-state index contributed by atoms with van der Waals surface area (Å²) in [6.45, 7) is 7.29. The van der Waals surface area contributed by atoms with Crippen LogP contribution in [0, 0.1) is 5.82 Å². The molecule has 1 aliphatic rings. The minimum Gasteiger partial charge on any atom is -0.459 e. The van der Waals surface area contributed by atoms with Crippen molar-refractivity contribution in [3.63, 3.8) is 0 Å². The van der Waals surface area contributed by atoms with Crippen LogP contribution >= 0.6 is 0 Å². The van der Waals surface area contributed by atoms with Crippen molar-refractivity contribution in [2.75, 3.05) is 19.6 Å². The first kappa shape index (κ1) is 17.5. The standard InChI is InChI=1S/C19H23FN2O3/c1-19(2,3)25-18(23)22-11-10-21-15(12-22)17-9-8-16(24-17)13-4-6-14(20)7-5-13/h4-9,15,21H,10-12H2,1-3H3. The van der Waals surface area contributed by atoms with Gasteiger partial charge in [0.15, 0.2) is 0 Å². The largest absolute Gasteiger partial charge is 0.459 e. The van der Waals surface area contributed by atoms with Gasteiger partial charge in [0, 0.05) is 25.2 Å². The first-order valence-electron chi connectivity index (χ1n) is 8.39. The number of hydrogen-bond donors (Lipinski definition) is 1. The number of amides is 1. The molecule has 3 rings (SSSR count). The third kappa shape index (κ3) is 4.39. The fourth-order valence-corrected chi connectivity index (χ4v) is 2.74. The van der Waals surface area contributed by atoms with Crippen molar-refractivity contribution in [3.8, 4) is 11.3 Å². The zero-order chi connectivity index (χ0) is 18.0. The third-order valence-corrected chi connectivity index (χ3v) is 3.93. The molecule has 2 aromatic rings. The topological polar surface area (TPSA) is 54.7 Å². The first-order valence-corrected chi connectivity index (χ1v) is 8.39. The predicted octanol–water partition coefficient (Wildman–Crippen LogP) is 3.97. The number of piperazine rings is 1. The molecule has 25 heavy (non-hydrogen) atoms. The molecule has 1 aromatic heterocycles. The van der Waals surface area contributed by atoms with E-state index in [2.05, 4.69) is 5.32 Å². The Morgan fingerprint density at radius 2 is 1.96 bits per heavy atom. The number of nitrogens with zero attached hydrogens (tertiary/aromatic N) is 1. The van der Waals surface area contributed by atoms with Gasteiger partial charge in [-0.15, -0.1) is 0 Å². The molecule has 1 aliphatic heterocycles. The average Bonchev–Trinajstić information content (AvgIpc) is 3.04. The highest BCUT2D eigenvalue weighted by Gasteiger charge is 2.29. The van der Waals surface area contributed by atoms with Crippen LogP contribution in [-0.2, 0) is 4.74 Å². The van der Waals surface area contributed by atoms with Crippen LogP contribution < -0.4 is 5.32 Å². The molecule has 134 valence electrons. The van der Waals surface area contributed by atoms with E-state index in [0.29, 0.717) is 25.4 Å². The van der Waals surface area contributed by atoms with Gasteiger partial charge in [0.25, 0.3) is 0 Å². The number of carbonyl (C=O) groups is 1. The van der Waals surface area contributed by atoms with Gasteiger partial charge in [0.05, 0.1) is 6.04 Å². The smallest absolute Gasteiger partial charge is 0.410 e. The lowest BCUT2D eigenvalue weighted by molar-refractivity contribution is 0.0188. The first-order chi connectivity index (χ1) is 11.8. The van der Waals surface area contributed by atoms with Crippen molar-refractivity contribution >= 4 is 6.09 Å². The second-order valence-electron chi connectivity index (χ2n) is 7.14. The van der Waals surface area contributed by atoms with Crippen LogP contribution in [0.5, 0.6) is 0 Å². The van der Waals surface area contributed by atoms with E-state index in [1.807, 2.05) is 32.9 Å². The Morgan fingerprint density at radius 3 is 2.64 bits per heavy atom. The van der Waals surface area contributed by atoms with Crippen molar-refractivity contribution in [1.29, 1.82) is 0 Å². The van der Waals surface area contributed by atoms with Gasteiger partial charge < -0.3 is 19.4 Å². The Balaban J connectivity index is 1.70. The lowest BCUT2D eigenvalue weighted by atomic mass is 10.1. The maximum atomic E-state index is 13.0. The summed E-state index contributed by atoms with van der Waals surface area (Å²) in [5, 5.41) is 3.35. The van der Waals surface area contributed by atoms with Gasteiger partial charge in [-0.1, -0.05) is 0 Å². The van der Waals surface area contributed by atoms with Crippen molar-refractivity contribution in [1.82, 2.24) is 10.2 Å². The van der Waals surface area contributed by atoms with E-state index in [-0.39, 0.29) is 18.0 Å². The fourth-order valence-electron chi connectivity index (χ4n) is 2.74. The molecule has 1 amide bonds. The van der Waals surface area contributed by atoms with E-state index in [4.69, 9.17) is 9.15 Å². The number of carbonyl (C=O) groups excluding carboxylic acids is 1. The number of benzene rings is 1. The van der Waals surface area contributed by atoms with E-state index in [0.717, 1.165) is 11.3 Å². The summed E-state index contributed by atoms with van der Waals surface area (Å²) in [5.74, 6) is 1.14. The van der Waals surface area contributed by atoms with Crippen molar-refractivity contribution in [3.05, 3.63) is 48.0 Å². The van der Waals surface area contributed by atoms with Gasteiger partial charge >= 0.3 is 6.09 Å². The summed E-state index contributed by atoms with van der Waals surface area (Å²) < 4.78 is 24.4. The summed E-state index contributed by atoms with van der Waals surface area (Å²) in [4.78, 5) is 13.9. The molecule has 0 aliphatic carbocycles. The van der Waals surface area contributed by atoms with Crippen LogP contribution in [0.3, 0.4) is 0 Å². The Morgan fingerprint density at radius 1 is 1.24 bits per heavy atom. The van der Waals surface area contributed by atoms with Crippen LogP contribution in [0.25, 0.3) is 11.3 Å². The predicted molar refractivity (Wildman–Crippen MR) is 92.7 cm³/mol. The second-order valence-corrected chi connectivity index (χ2v) is 7.14. The third-order valence-electron chi connectivity index (χ3n) is 3.93. The average molecular weight is 346 g/mol. The van der Waals surface area contributed by atoms with Gasteiger partial charge in [0.2, 0.25) is 0 Å². The molecule has 1 unspecified atom stereocenters. The van der Waals surface area contributed by atoms with Gasteiger partial charge in [-0.2, -0.15) is 0 Å². The van der Waals surface area contributed by atoms with Crippen molar-refractivity contribution in [2.45, 2.75) is 32.4 Å². The van der Waals surface area contributed by atoms with Gasteiger partial charge in [0.1, 0.15) is 22.9 Å². The summed E-state index contributed by atoms with van der Waals surface area (Å²) in [6, 6.07) is 9.81. The molecule has 2 heterocycles. The molecule has 0 radical (unpaired) electrons. The van der Waals surface area contributed by atoms with Crippen LogP contribution in [0.4, 0.5) is 9.18 Å². The van der Waals surface area contributed by atoms with E-state index >= 15 is 0 Å². The number of hydrogen-bond acceptors (Lipinski definition) is 4. The number of rotatable bonds is 2. The maximum Gasteiger partial charge on any atom is 0.410 e. The minimum absolute atomic E-state index is 0.101. The zero-order valence-corrected chi connectivity index (χ0v) is 14.7. The summed E-state index contributed by atoms with van der Waals surface area (Å²) in [5.41, 5.74) is 0.296. The molecular formula is C19H23FN2O3. The van der Waals surface area contributed by atoms with Crippen LogP contribution in [0.2, 0.25) is 0 Å². The van der Waals surface area contributed by atoms with Gasteiger partial charge in [-0.05, 0) is 57.2 Å². The molecular weight excluding hydrogens is 323 g/mol. The van der Waals surface area contributed by atoms with E-state index in [1.54, 1.807) is 17.0 Å². The summed E-state index contributed by atoms with van der Waals surface area (Å²) >= 11 is 0. The monoisotopic (exact) mass is 346 g/mol. The molecule has 1 N–H and O–H groups in total. The quantitative estimate of drug-likeness (QED) is 0.894. The van der Waals surface area contributed by atoms with Gasteiger partial charge in [-0.25, -0.2) is 9.18 Å². The van der Waals surface area contributed by atoms with Crippen molar-refractivity contribution < 1.29 is 18.3 Å². The zero-order valence-electron chi connectivity index (χ0n) is 14.7. The second kappa shape index (κ2) is 6.88. The molecule has 0 saturated carbocycles. The van der Waals surface area contributed by atoms with Crippen molar-refractivity contribution in [2.24, 2.45) is 0 Å². The normalized spacial score (nSPS) is 18.2. The molecule has 0 spiro atoms. The van der Waals surface area contributed by atoms with E-state index in [9.17, 15) is 9.18 Å². The highest BCUT2D eigenvalue weighted by Crippen LogP contribution is 2.27. The molecule has 1 fully saturated rings. The maximum absolute atomic E-state index is 13.0. The lowest BCUT2D eigenvalue weighted by Gasteiger charge is -2.34. The molecule has 1 saturated heterocycles. The highest BCUT2D eigenvalue weighted by molar-refractivity contribution is 5.68. The Labute approximate surface area is 146 Å². The van der Waals surface area contributed by atoms with E-state index < -0.39 is 5.60 Å². The molecule has 6 heteroatoms. The Bertz CT molecular complexity index is 734. The van der Waals surface area contributed by atoms with Crippen LogP contribution in [0.1, 0.15) is 32.6 Å². The van der Waals surface area contributed by atoms with E-state index in [1.165, 1.54) is 12.1 Å². The van der Waals surface area contributed by atoms with Gasteiger partial charge in [-0.3, -0.25) is 0 Å². The highest BCUT2D eigenvalue weighted by atomic mass is 19.1. The molecule has 1 aromatic carbocycles. The Kier molecular flexibility index (Phi) is 4.81. The summed E-state index contributed by atoms with van der Waals surface area (Å²) in [7, 11) is 0. The summed E-state index contributed by atoms with van der Waals surface area (Å²) in [6.07, 6.45) is -0.315.